The van der Waals surface area contributed by atoms with Gasteiger partial charge in [0.05, 0.1) is 4.90 Å². The van der Waals surface area contributed by atoms with Crippen molar-refractivity contribution in [2.24, 2.45) is 0 Å². The van der Waals surface area contributed by atoms with Crippen molar-refractivity contribution in [3.05, 3.63) is 53.9 Å². The maximum absolute atomic E-state index is 11.3. The van der Waals surface area contributed by atoms with Crippen LogP contribution in [0.15, 0.2) is 47.6 Å². The van der Waals surface area contributed by atoms with Gasteiger partial charge < -0.3 is 5.32 Å². The average molecular weight is 276 g/mol. The van der Waals surface area contributed by atoms with Crippen LogP contribution in [-0.4, -0.2) is 19.7 Å². The van der Waals surface area contributed by atoms with Crippen LogP contribution in [0.2, 0.25) is 0 Å². The van der Waals surface area contributed by atoms with E-state index in [1.165, 1.54) is 11.8 Å². The molecule has 2 aromatic rings. The molecule has 0 amide bonds. The molecule has 19 heavy (non-hydrogen) atoms. The molecule has 4 nitrogen and oxygen atoms in total. The van der Waals surface area contributed by atoms with Crippen LogP contribution in [0.5, 0.6) is 0 Å². The molecule has 1 heterocycles. The van der Waals surface area contributed by atoms with Crippen LogP contribution < -0.4 is 5.32 Å². The number of sulfone groups is 1. The molecule has 0 saturated carbocycles. The summed E-state index contributed by atoms with van der Waals surface area (Å²) in [5.74, 6) is 0. The van der Waals surface area contributed by atoms with Crippen LogP contribution in [-0.2, 0) is 16.4 Å². The zero-order valence-corrected chi connectivity index (χ0v) is 11.7. The van der Waals surface area contributed by atoms with Crippen molar-refractivity contribution in [3.63, 3.8) is 0 Å². The summed E-state index contributed by atoms with van der Waals surface area (Å²) in [6.07, 6.45) is 4.79. The lowest BCUT2D eigenvalue weighted by Crippen LogP contribution is -2.02. The molecule has 0 saturated heterocycles. The first kappa shape index (κ1) is 13.5. The maximum Gasteiger partial charge on any atom is 0.175 e. The number of hydrogen-bond donors (Lipinski definition) is 1. The van der Waals surface area contributed by atoms with Crippen LogP contribution in [0.4, 0.5) is 5.69 Å². The molecule has 100 valence electrons. The van der Waals surface area contributed by atoms with Gasteiger partial charge in [0.1, 0.15) is 0 Å². The minimum atomic E-state index is -3.13. The van der Waals surface area contributed by atoms with Crippen molar-refractivity contribution in [1.82, 2.24) is 4.98 Å². The first-order valence-electron chi connectivity index (χ1n) is 5.90. The monoisotopic (exact) mass is 276 g/mol. The summed E-state index contributed by atoms with van der Waals surface area (Å²) < 4.78 is 22.7. The van der Waals surface area contributed by atoms with Gasteiger partial charge in [-0.2, -0.15) is 0 Å². The Morgan fingerprint density at radius 2 is 1.84 bits per heavy atom. The number of pyridine rings is 1. The highest BCUT2D eigenvalue weighted by Gasteiger charge is 2.06. The van der Waals surface area contributed by atoms with E-state index in [0.29, 0.717) is 11.4 Å². The predicted molar refractivity (Wildman–Crippen MR) is 75.9 cm³/mol. The molecule has 0 aliphatic heterocycles. The number of anilines is 1. The highest BCUT2D eigenvalue weighted by atomic mass is 32.2. The molecule has 1 N–H and O–H groups in total. The van der Waals surface area contributed by atoms with E-state index in [1.54, 1.807) is 30.5 Å². The molecule has 1 aromatic carbocycles. The topological polar surface area (TPSA) is 59.1 Å². The van der Waals surface area contributed by atoms with Crippen molar-refractivity contribution in [3.8, 4) is 0 Å². The lowest BCUT2D eigenvalue weighted by molar-refractivity contribution is 0.602. The molecule has 2 rings (SSSR count). The number of rotatable bonds is 4. The zero-order chi connectivity index (χ0) is 13.9. The Balaban J connectivity index is 2.07. The molecule has 0 aliphatic rings. The number of aromatic nitrogens is 1. The molecule has 0 radical (unpaired) electrons. The fourth-order valence-corrected chi connectivity index (χ4v) is 2.33. The van der Waals surface area contributed by atoms with Crippen LogP contribution in [0, 0.1) is 6.92 Å². The summed E-state index contributed by atoms with van der Waals surface area (Å²) in [7, 11) is -3.13. The normalized spacial score (nSPS) is 11.3. The van der Waals surface area contributed by atoms with Crippen LogP contribution in [0.25, 0.3) is 0 Å². The van der Waals surface area contributed by atoms with E-state index in [1.807, 2.05) is 19.2 Å². The third-order valence-electron chi connectivity index (χ3n) is 2.91. The van der Waals surface area contributed by atoms with E-state index in [0.717, 1.165) is 11.3 Å². The van der Waals surface area contributed by atoms with E-state index in [9.17, 15) is 8.42 Å². The van der Waals surface area contributed by atoms with Gasteiger partial charge >= 0.3 is 0 Å². The van der Waals surface area contributed by atoms with Crippen LogP contribution >= 0.6 is 0 Å². The second-order valence-electron chi connectivity index (χ2n) is 4.45. The third kappa shape index (κ3) is 3.54. The molecule has 0 bridgehead atoms. The number of nitrogens with one attached hydrogen (secondary N) is 1. The van der Waals surface area contributed by atoms with Gasteiger partial charge in [0, 0.05) is 30.9 Å². The molecule has 0 aliphatic carbocycles. The first-order valence-corrected chi connectivity index (χ1v) is 7.79. The average Bonchev–Trinajstić information content (AvgIpc) is 2.37. The Kier molecular flexibility index (Phi) is 3.85. The molecule has 0 spiro atoms. The highest BCUT2D eigenvalue weighted by molar-refractivity contribution is 7.90. The van der Waals surface area contributed by atoms with E-state index >= 15 is 0 Å². The molecule has 0 fully saturated rings. The van der Waals surface area contributed by atoms with Crippen molar-refractivity contribution in [2.45, 2.75) is 18.4 Å². The van der Waals surface area contributed by atoms with Crippen LogP contribution in [0.3, 0.4) is 0 Å². The number of benzene rings is 1. The lowest BCUT2D eigenvalue weighted by atomic mass is 10.1. The summed E-state index contributed by atoms with van der Waals surface area (Å²) in [5.41, 5.74) is 3.18. The largest absolute Gasteiger partial charge is 0.381 e. The summed E-state index contributed by atoms with van der Waals surface area (Å²) in [5, 5.41) is 3.25. The van der Waals surface area contributed by atoms with Gasteiger partial charge in [-0.05, 0) is 48.4 Å². The third-order valence-corrected chi connectivity index (χ3v) is 4.04. The maximum atomic E-state index is 11.3. The zero-order valence-electron chi connectivity index (χ0n) is 10.9. The van der Waals surface area contributed by atoms with E-state index in [-0.39, 0.29) is 0 Å². The summed E-state index contributed by atoms with van der Waals surface area (Å²) in [6.45, 7) is 2.70. The van der Waals surface area contributed by atoms with Gasteiger partial charge in [-0.1, -0.05) is 0 Å². The summed E-state index contributed by atoms with van der Waals surface area (Å²) in [4.78, 5) is 4.41. The second-order valence-corrected chi connectivity index (χ2v) is 6.47. The van der Waals surface area contributed by atoms with E-state index < -0.39 is 9.84 Å². The van der Waals surface area contributed by atoms with E-state index in [4.69, 9.17) is 0 Å². The van der Waals surface area contributed by atoms with E-state index in [2.05, 4.69) is 10.3 Å². The minimum absolute atomic E-state index is 0.329. The van der Waals surface area contributed by atoms with Gasteiger partial charge in [0.25, 0.3) is 0 Å². The predicted octanol–water partition coefficient (Wildman–Crippen LogP) is 2.41. The quantitative estimate of drug-likeness (QED) is 0.931. The molecular formula is C14H16N2O2S. The Morgan fingerprint density at radius 1 is 1.16 bits per heavy atom. The van der Waals surface area contributed by atoms with Crippen molar-refractivity contribution >= 4 is 15.5 Å². The Morgan fingerprint density at radius 3 is 2.42 bits per heavy atom. The standard InChI is InChI=1S/C14H16N2O2S/c1-11-7-8-15-9-12(11)10-16-13-3-5-14(6-4-13)19(2,17)18/h3-9,16H,10H2,1-2H3. The van der Waals surface area contributed by atoms with Gasteiger partial charge in [-0.15, -0.1) is 0 Å². The van der Waals surface area contributed by atoms with Crippen molar-refractivity contribution in [1.29, 1.82) is 0 Å². The fourth-order valence-electron chi connectivity index (χ4n) is 1.70. The SMILES string of the molecule is Cc1ccncc1CNc1ccc(S(C)(=O)=O)cc1. The summed E-state index contributed by atoms with van der Waals surface area (Å²) in [6, 6.07) is 8.70. The lowest BCUT2D eigenvalue weighted by Gasteiger charge is -2.09. The summed E-state index contributed by atoms with van der Waals surface area (Å²) >= 11 is 0. The molecule has 0 atom stereocenters. The van der Waals surface area contributed by atoms with Gasteiger partial charge in [0.2, 0.25) is 0 Å². The highest BCUT2D eigenvalue weighted by Crippen LogP contribution is 2.15. The molecule has 0 unspecified atom stereocenters. The van der Waals surface area contributed by atoms with Crippen LogP contribution in [0.1, 0.15) is 11.1 Å². The second kappa shape index (κ2) is 5.40. The number of hydrogen-bond acceptors (Lipinski definition) is 4. The molecule has 1 aromatic heterocycles. The molecule has 5 heteroatoms. The van der Waals surface area contributed by atoms with Gasteiger partial charge in [-0.3, -0.25) is 4.98 Å². The smallest absolute Gasteiger partial charge is 0.175 e. The Hall–Kier alpha value is -1.88. The van der Waals surface area contributed by atoms with Gasteiger partial charge in [-0.25, -0.2) is 8.42 Å². The van der Waals surface area contributed by atoms with Crippen molar-refractivity contribution in [2.75, 3.05) is 11.6 Å². The molecular weight excluding hydrogens is 260 g/mol. The minimum Gasteiger partial charge on any atom is -0.381 e. The first-order chi connectivity index (χ1) is 8.97. The Labute approximate surface area is 113 Å². The van der Waals surface area contributed by atoms with Gasteiger partial charge in [0.15, 0.2) is 9.84 Å². The fraction of sp³-hybridized carbons (Fsp3) is 0.214. The van der Waals surface area contributed by atoms with Crippen molar-refractivity contribution < 1.29 is 8.42 Å². The Bertz CT molecular complexity index is 664. The number of nitrogens with zero attached hydrogens (tertiary/aromatic N) is 1. The number of aryl methyl sites for hydroxylation is 1.